The van der Waals surface area contributed by atoms with Crippen molar-refractivity contribution in [3.63, 3.8) is 0 Å². The van der Waals surface area contributed by atoms with Crippen LogP contribution < -0.4 is 0 Å². The number of aliphatic hydroxyl groups is 1. The van der Waals surface area contributed by atoms with Gasteiger partial charge < -0.3 is 20.4 Å². The van der Waals surface area contributed by atoms with E-state index in [0.717, 1.165) is 0 Å². The Kier molecular flexibility index (Phi) is 4.23. The number of hydrogen-bond donors (Lipinski definition) is 4. The van der Waals surface area contributed by atoms with Crippen LogP contribution in [0.1, 0.15) is 16.8 Å². The van der Waals surface area contributed by atoms with Crippen LogP contribution in [-0.2, 0) is 4.79 Å². The number of aliphatic carboxylic acids is 1. The Bertz CT molecular complexity index is 661. The van der Waals surface area contributed by atoms with Gasteiger partial charge in [-0.1, -0.05) is 17.8 Å². The van der Waals surface area contributed by atoms with E-state index in [0.29, 0.717) is 9.80 Å². The highest BCUT2D eigenvalue weighted by molar-refractivity contribution is 8.03. The standard InChI is InChI=1S/C14H12O6S/c15-11-5-7(1-3-9(11)13(17)18)21-8-2-4-10(14(19)20)12(16)6-8/h1-3,5-6,10,15-16H,4H2,(H,17,18)(H,19,20). The molecule has 7 heteroatoms. The minimum Gasteiger partial charge on any atom is -0.511 e. The Balaban J connectivity index is 2.15. The molecule has 0 fully saturated rings. The van der Waals surface area contributed by atoms with Gasteiger partial charge in [0.25, 0.3) is 0 Å². The lowest BCUT2D eigenvalue weighted by Gasteiger charge is -2.15. The second-order valence-electron chi connectivity index (χ2n) is 4.39. The first kappa shape index (κ1) is 15.0. The number of hydrogen-bond acceptors (Lipinski definition) is 5. The van der Waals surface area contributed by atoms with Gasteiger partial charge in [0, 0.05) is 9.80 Å². The third kappa shape index (κ3) is 3.38. The lowest BCUT2D eigenvalue weighted by atomic mass is 9.99. The van der Waals surface area contributed by atoms with Gasteiger partial charge in [-0.2, -0.15) is 0 Å². The van der Waals surface area contributed by atoms with Gasteiger partial charge in [0.15, 0.2) is 0 Å². The molecule has 0 heterocycles. The summed E-state index contributed by atoms with van der Waals surface area (Å²) in [6, 6.07) is 4.12. The summed E-state index contributed by atoms with van der Waals surface area (Å²) in [5, 5.41) is 37.0. The smallest absolute Gasteiger partial charge is 0.339 e. The van der Waals surface area contributed by atoms with Crippen molar-refractivity contribution >= 4 is 23.7 Å². The number of rotatable bonds is 4. The number of allylic oxidation sites excluding steroid dienone is 2. The van der Waals surface area contributed by atoms with E-state index in [2.05, 4.69) is 0 Å². The SMILES string of the molecule is O=C(O)c1ccc(SC2=CCC(C(=O)O)C(O)=C2)cc1O. The largest absolute Gasteiger partial charge is 0.511 e. The van der Waals surface area contributed by atoms with E-state index in [1.807, 2.05) is 0 Å². The average Bonchev–Trinajstić information content (AvgIpc) is 2.37. The number of carbonyl (C=O) groups is 2. The molecule has 0 aliphatic heterocycles. The zero-order valence-corrected chi connectivity index (χ0v) is 11.5. The van der Waals surface area contributed by atoms with E-state index in [1.165, 1.54) is 36.0 Å². The van der Waals surface area contributed by atoms with Gasteiger partial charge in [-0.05, 0) is 30.7 Å². The van der Waals surface area contributed by atoms with Crippen molar-refractivity contribution in [1.29, 1.82) is 0 Å². The van der Waals surface area contributed by atoms with Crippen LogP contribution in [0.25, 0.3) is 0 Å². The zero-order chi connectivity index (χ0) is 15.6. The number of thioether (sulfide) groups is 1. The Morgan fingerprint density at radius 2 is 1.90 bits per heavy atom. The summed E-state index contributed by atoms with van der Waals surface area (Å²) in [6.07, 6.45) is 3.21. The van der Waals surface area contributed by atoms with E-state index in [4.69, 9.17) is 10.2 Å². The molecule has 6 nitrogen and oxygen atoms in total. The number of aliphatic hydroxyl groups excluding tert-OH is 1. The number of aromatic carboxylic acids is 1. The minimum atomic E-state index is -1.22. The Morgan fingerprint density at radius 3 is 2.43 bits per heavy atom. The van der Waals surface area contributed by atoms with Crippen LogP contribution >= 0.6 is 11.8 Å². The van der Waals surface area contributed by atoms with E-state index >= 15 is 0 Å². The molecule has 2 rings (SSSR count). The monoisotopic (exact) mass is 308 g/mol. The molecule has 0 amide bonds. The van der Waals surface area contributed by atoms with Crippen LogP contribution in [0.4, 0.5) is 0 Å². The summed E-state index contributed by atoms with van der Waals surface area (Å²) >= 11 is 1.20. The molecule has 4 N–H and O–H groups in total. The Hall–Kier alpha value is -2.41. The summed E-state index contributed by atoms with van der Waals surface area (Å²) in [7, 11) is 0. The zero-order valence-electron chi connectivity index (χ0n) is 10.7. The van der Waals surface area contributed by atoms with Crippen molar-refractivity contribution in [2.24, 2.45) is 5.92 Å². The molecule has 0 aromatic heterocycles. The molecule has 0 saturated heterocycles. The minimum absolute atomic E-state index is 0.180. The number of aromatic hydroxyl groups is 1. The van der Waals surface area contributed by atoms with E-state index < -0.39 is 17.9 Å². The predicted molar refractivity (Wildman–Crippen MR) is 75.5 cm³/mol. The van der Waals surface area contributed by atoms with E-state index in [9.17, 15) is 19.8 Å². The summed E-state index contributed by atoms with van der Waals surface area (Å²) in [5.41, 5.74) is -0.193. The molecule has 1 unspecified atom stereocenters. The molecule has 1 aromatic carbocycles. The van der Waals surface area contributed by atoms with Crippen molar-refractivity contribution in [3.8, 4) is 5.75 Å². The van der Waals surface area contributed by atoms with Crippen LogP contribution in [0.2, 0.25) is 0 Å². The second kappa shape index (κ2) is 5.92. The highest BCUT2D eigenvalue weighted by Gasteiger charge is 2.24. The van der Waals surface area contributed by atoms with Crippen molar-refractivity contribution in [2.45, 2.75) is 11.3 Å². The van der Waals surface area contributed by atoms with Gasteiger partial charge in [0.1, 0.15) is 23.0 Å². The number of carboxylic acid groups (broad SMARTS) is 2. The molecule has 110 valence electrons. The Labute approximate surface area is 124 Å². The van der Waals surface area contributed by atoms with Gasteiger partial charge in [-0.3, -0.25) is 4.79 Å². The first-order valence-corrected chi connectivity index (χ1v) is 6.78. The molecule has 1 aliphatic carbocycles. The van der Waals surface area contributed by atoms with Crippen molar-refractivity contribution in [3.05, 3.63) is 46.6 Å². The molecule has 1 atom stereocenters. The topological polar surface area (TPSA) is 115 Å². The molecule has 0 spiro atoms. The van der Waals surface area contributed by atoms with Crippen molar-refractivity contribution < 1.29 is 30.0 Å². The van der Waals surface area contributed by atoms with Crippen LogP contribution in [0.5, 0.6) is 5.75 Å². The van der Waals surface area contributed by atoms with Crippen molar-refractivity contribution in [2.75, 3.05) is 0 Å². The third-order valence-electron chi connectivity index (χ3n) is 2.94. The van der Waals surface area contributed by atoms with E-state index in [-0.39, 0.29) is 23.5 Å². The van der Waals surface area contributed by atoms with Gasteiger partial charge in [0.05, 0.1) is 0 Å². The lowest BCUT2D eigenvalue weighted by molar-refractivity contribution is -0.141. The molecule has 1 aliphatic rings. The van der Waals surface area contributed by atoms with Gasteiger partial charge in [-0.15, -0.1) is 0 Å². The normalized spacial score (nSPS) is 17.8. The molecule has 21 heavy (non-hydrogen) atoms. The van der Waals surface area contributed by atoms with Gasteiger partial charge in [0.2, 0.25) is 0 Å². The van der Waals surface area contributed by atoms with Crippen LogP contribution in [0.3, 0.4) is 0 Å². The van der Waals surface area contributed by atoms with Crippen molar-refractivity contribution in [1.82, 2.24) is 0 Å². The maximum atomic E-state index is 10.9. The van der Waals surface area contributed by atoms with Gasteiger partial charge in [-0.25, -0.2) is 4.79 Å². The summed E-state index contributed by atoms with van der Waals surface area (Å²) in [6.45, 7) is 0. The van der Waals surface area contributed by atoms with Crippen LogP contribution in [0, 0.1) is 5.92 Å². The summed E-state index contributed by atoms with van der Waals surface area (Å²) in [5.74, 6) is -3.81. The Morgan fingerprint density at radius 1 is 1.19 bits per heavy atom. The molecular weight excluding hydrogens is 296 g/mol. The number of benzene rings is 1. The fourth-order valence-corrected chi connectivity index (χ4v) is 2.79. The van der Waals surface area contributed by atoms with Crippen LogP contribution in [0.15, 0.2) is 45.9 Å². The van der Waals surface area contributed by atoms with Gasteiger partial charge >= 0.3 is 11.9 Å². The maximum Gasteiger partial charge on any atom is 0.339 e. The second-order valence-corrected chi connectivity index (χ2v) is 5.54. The fraction of sp³-hybridized carbons (Fsp3) is 0.143. The number of phenols is 1. The molecular formula is C14H12O6S. The van der Waals surface area contributed by atoms with Crippen LogP contribution in [-0.4, -0.2) is 32.4 Å². The molecule has 1 aromatic rings. The average molecular weight is 308 g/mol. The summed E-state index contributed by atoms with van der Waals surface area (Å²) < 4.78 is 0. The third-order valence-corrected chi connectivity index (χ3v) is 3.95. The maximum absolute atomic E-state index is 10.9. The predicted octanol–water partition coefficient (Wildman–Crippen LogP) is 2.61. The molecule has 0 bridgehead atoms. The molecule has 0 saturated carbocycles. The highest BCUT2D eigenvalue weighted by atomic mass is 32.2. The highest BCUT2D eigenvalue weighted by Crippen LogP contribution is 2.35. The lowest BCUT2D eigenvalue weighted by Crippen LogP contribution is -2.17. The molecule has 0 radical (unpaired) electrons. The van der Waals surface area contributed by atoms with E-state index in [1.54, 1.807) is 6.08 Å². The number of carboxylic acids is 2. The quantitative estimate of drug-likeness (QED) is 0.675. The summed E-state index contributed by atoms with van der Waals surface area (Å²) in [4.78, 5) is 22.9. The fourth-order valence-electron chi connectivity index (χ4n) is 1.85. The first-order chi connectivity index (χ1) is 9.88. The first-order valence-electron chi connectivity index (χ1n) is 5.96.